The Hall–Kier alpha value is -1.60. The van der Waals surface area contributed by atoms with Gasteiger partial charge in [-0.1, -0.05) is 38.5 Å². The molecule has 1 saturated carbocycles. The van der Waals surface area contributed by atoms with Gasteiger partial charge in [-0.3, -0.25) is 9.59 Å². The van der Waals surface area contributed by atoms with E-state index in [0.29, 0.717) is 24.4 Å². The fraction of sp³-hybridized carbons (Fsp3) is 0.526. The normalized spacial score (nSPS) is 20.4. The Kier molecular flexibility index (Phi) is 6.19. The smallest absolute Gasteiger partial charge is 0.307 e. The number of amides is 1. The topological polar surface area (TPSA) is 79.3 Å². The zero-order chi connectivity index (χ0) is 18.7. The summed E-state index contributed by atoms with van der Waals surface area (Å²) in [5, 5.41) is 12.3. The molecule has 1 amide bonds. The number of anilines is 1. The summed E-state index contributed by atoms with van der Waals surface area (Å²) in [6.07, 6.45) is 3.01. The molecule has 5 nitrogen and oxygen atoms in total. The van der Waals surface area contributed by atoms with E-state index in [0.717, 1.165) is 33.2 Å². The lowest BCUT2D eigenvalue weighted by molar-refractivity contribution is -0.147. The van der Waals surface area contributed by atoms with Crippen LogP contribution in [0.25, 0.3) is 10.2 Å². The molecule has 0 bridgehead atoms. The second-order valence-electron chi connectivity index (χ2n) is 7.19. The number of carbonyl (C=O) groups is 2. The zero-order valence-corrected chi connectivity index (χ0v) is 16.7. The third kappa shape index (κ3) is 4.57. The largest absolute Gasteiger partial charge is 0.481 e. The van der Waals surface area contributed by atoms with Crippen LogP contribution in [-0.4, -0.2) is 27.7 Å². The SMILES string of the molecule is CC(C)CSc1nc2ccc(NC(=O)[C@H]3CCCC[C@@H]3C(=O)O)cc2s1. The summed E-state index contributed by atoms with van der Waals surface area (Å²) in [7, 11) is 0. The number of hydrogen-bond donors (Lipinski definition) is 2. The van der Waals surface area contributed by atoms with E-state index < -0.39 is 17.8 Å². The number of benzene rings is 1. The maximum Gasteiger partial charge on any atom is 0.307 e. The Balaban J connectivity index is 1.71. The van der Waals surface area contributed by atoms with E-state index in [-0.39, 0.29) is 5.91 Å². The van der Waals surface area contributed by atoms with E-state index in [2.05, 4.69) is 24.1 Å². The van der Waals surface area contributed by atoms with Crippen LogP contribution in [0.1, 0.15) is 39.5 Å². The molecule has 1 aliphatic carbocycles. The first-order valence-electron chi connectivity index (χ1n) is 9.01. The highest BCUT2D eigenvalue weighted by molar-refractivity contribution is 8.01. The fourth-order valence-electron chi connectivity index (χ4n) is 3.26. The summed E-state index contributed by atoms with van der Waals surface area (Å²) < 4.78 is 2.07. The van der Waals surface area contributed by atoms with E-state index in [9.17, 15) is 14.7 Å². The van der Waals surface area contributed by atoms with Gasteiger partial charge >= 0.3 is 5.97 Å². The van der Waals surface area contributed by atoms with Crippen LogP contribution >= 0.6 is 23.1 Å². The van der Waals surface area contributed by atoms with Crippen LogP contribution in [0.5, 0.6) is 0 Å². The van der Waals surface area contributed by atoms with Gasteiger partial charge < -0.3 is 10.4 Å². The van der Waals surface area contributed by atoms with E-state index >= 15 is 0 Å². The fourth-order valence-corrected chi connectivity index (χ4v) is 5.34. The number of thioether (sulfide) groups is 1. The highest BCUT2D eigenvalue weighted by atomic mass is 32.2. The van der Waals surface area contributed by atoms with E-state index in [1.54, 1.807) is 23.1 Å². The molecule has 26 heavy (non-hydrogen) atoms. The van der Waals surface area contributed by atoms with Crippen molar-refractivity contribution in [2.45, 2.75) is 43.9 Å². The van der Waals surface area contributed by atoms with Gasteiger partial charge in [0.15, 0.2) is 4.34 Å². The Morgan fingerprint density at radius 2 is 2.04 bits per heavy atom. The van der Waals surface area contributed by atoms with Crippen molar-refractivity contribution in [3.05, 3.63) is 18.2 Å². The van der Waals surface area contributed by atoms with Crippen molar-refractivity contribution >= 4 is 50.9 Å². The average Bonchev–Trinajstić information content (AvgIpc) is 3.02. The summed E-state index contributed by atoms with van der Waals surface area (Å²) in [6.45, 7) is 4.37. The molecule has 1 fully saturated rings. The van der Waals surface area contributed by atoms with Crippen molar-refractivity contribution in [1.29, 1.82) is 0 Å². The molecule has 2 aromatic rings. The van der Waals surface area contributed by atoms with Crippen molar-refractivity contribution in [3.8, 4) is 0 Å². The molecule has 2 atom stereocenters. The Labute approximate surface area is 161 Å². The number of nitrogens with one attached hydrogen (secondary N) is 1. The van der Waals surface area contributed by atoms with E-state index in [1.165, 1.54) is 0 Å². The zero-order valence-electron chi connectivity index (χ0n) is 15.0. The predicted octanol–water partition coefficient (Wildman–Crippen LogP) is 4.87. The number of fused-ring (bicyclic) bond motifs is 1. The van der Waals surface area contributed by atoms with Crippen molar-refractivity contribution in [1.82, 2.24) is 4.98 Å². The van der Waals surface area contributed by atoms with Crippen molar-refractivity contribution in [3.63, 3.8) is 0 Å². The molecule has 0 spiro atoms. The summed E-state index contributed by atoms with van der Waals surface area (Å²) in [5.74, 6) is -0.434. The molecular weight excluding hydrogens is 368 g/mol. The number of carbonyl (C=O) groups excluding carboxylic acids is 1. The van der Waals surface area contributed by atoms with Crippen molar-refractivity contribution < 1.29 is 14.7 Å². The van der Waals surface area contributed by atoms with E-state index in [4.69, 9.17) is 0 Å². The molecule has 140 valence electrons. The highest BCUT2D eigenvalue weighted by Gasteiger charge is 2.35. The standard InChI is InChI=1S/C19H24N2O3S2/c1-11(2)10-25-19-21-15-8-7-12(9-16(15)26-19)20-17(22)13-5-3-4-6-14(13)18(23)24/h7-9,11,13-14H,3-6,10H2,1-2H3,(H,20,22)(H,23,24)/t13-,14-/m0/s1. The third-order valence-corrected chi connectivity index (χ3v) is 7.18. The number of rotatable bonds is 6. The minimum Gasteiger partial charge on any atom is -0.481 e. The summed E-state index contributed by atoms with van der Waals surface area (Å²) in [4.78, 5) is 28.7. The Morgan fingerprint density at radius 1 is 1.31 bits per heavy atom. The first-order valence-corrected chi connectivity index (χ1v) is 10.8. The van der Waals surface area contributed by atoms with Crippen molar-refractivity contribution in [2.75, 3.05) is 11.1 Å². The van der Waals surface area contributed by atoms with Gasteiger partial charge in [0.05, 0.1) is 22.1 Å². The number of thiazole rings is 1. The van der Waals surface area contributed by atoms with Gasteiger partial charge in [-0.2, -0.15) is 0 Å². The quantitative estimate of drug-likeness (QED) is 0.685. The maximum absolute atomic E-state index is 12.6. The maximum atomic E-state index is 12.6. The van der Waals surface area contributed by atoms with Crippen LogP contribution in [-0.2, 0) is 9.59 Å². The second-order valence-corrected chi connectivity index (χ2v) is 9.49. The molecule has 0 saturated heterocycles. The summed E-state index contributed by atoms with van der Waals surface area (Å²) in [6, 6.07) is 5.69. The molecule has 1 aromatic heterocycles. The molecule has 7 heteroatoms. The van der Waals surface area contributed by atoms with Gasteiger partial charge in [0, 0.05) is 11.4 Å². The number of aliphatic carboxylic acids is 1. The van der Waals surface area contributed by atoms with Gasteiger partial charge in [0.2, 0.25) is 5.91 Å². The van der Waals surface area contributed by atoms with Gasteiger partial charge in [-0.15, -0.1) is 11.3 Å². The number of aromatic nitrogens is 1. The van der Waals surface area contributed by atoms with Crippen LogP contribution in [0.15, 0.2) is 22.5 Å². The molecule has 2 N–H and O–H groups in total. The summed E-state index contributed by atoms with van der Waals surface area (Å²) in [5.41, 5.74) is 1.64. The minimum atomic E-state index is -0.866. The number of hydrogen-bond acceptors (Lipinski definition) is 5. The monoisotopic (exact) mass is 392 g/mol. The molecule has 1 aliphatic rings. The van der Waals surface area contributed by atoms with Crippen LogP contribution in [0.2, 0.25) is 0 Å². The first kappa shape index (κ1) is 19.2. The van der Waals surface area contributed by atoms with E-state index in [1.807, 2.05) is 18.2 Å². The van der Waals surface area contributed by atoms with Crippen LogP contribution in [0, 0.1) is 17.8 Å². The highest BCUT2D eigenvalue weighted by Crippen LogP contribution is 2.34. The van der Waals surface area contributed by atoms with Crippen molar-refractivity contribution in [2.24, 2.45) is 17.8 Å². The Morgan fingerprint density at radius 3 is 2.73 bits per heavy atom. The molecule has 0 radical (unpaired) electrons. The third-order valence-electron chi connectivity index (χ3n) is 4.60. The average molecular weight is 393 g/mol. The Bertz CT molecular complexity index is 803. The molecular formula is C19H24N2O3S2. The molecule has 1 aromatic carbocycles. The van der Waals surface area contributed by atoms with Gasteiger partial charge in [0.1, 0.15) is 0 Å². The molecule has 3 rings (SSSR count). The lowest BCUT2D eigenvalue weighted by Gasteiger charge is -2.27. The van der Waals surface area contributed by atoms with Gasteiger partial charge in [-0.05, 0) is 37.0 Å². The van der Waals surface area contributed by atoms with Crippen LogP contribution < -0.4 is 5.32 Å². The number of nitrogens with zero attached hydrogens (tertiary/aromatic N) is 1. The lowest BCUT2D eigenvalue weighted by atomic mass is 9.78. The molecule has 0 unspecified atom stereocenters. The van der Waals surface area contributed by atoms with Gasteiger partial charge in [-0.25, -0.2) is 4.98 Å². The first-order chi connectivity index (χ1) is 12.4. The second kappa shape index (κ2) is 8.39. The lowest BCUT2D eigenvalue weighted by Crippen LogP contribution is -2.36. The van der Waals surface area contributed by atoms with Crippen LogP contribution in [0.3, 0.4) is 0 Å². The minimum absolute atomic E-state index is 0.185. The predicted molar refractivity (Wildman–Crippen MR) is 107 cm³/mol. The molecule has 0 aliphatic heterocycles. The number of carboxylic acids is 1. The number of carboxylic acid groups (broad SMARTS) is 1. The molecule has 1 heterocycles. The summed E-state index contributed by atoms with van der Waals surface area (Å²) >= 11 is 3.38. The van der Waals surface area contributed by atoms with Gasteiger partial charge in [0.25, 0.3) is 0 Å². The van der Waals surface area contributed by atoms with Crippen LogP contribution in [0.4, 0.5) is 5.69 Å².